The van der Waals surface area contributed by atoms with Crippen molar-refractivity contribution in [1.29, 1.82) is 0 Å². The van der Waals surface area contributed by atoms with Crippen LogP contribution in [-0.4, -0.2) is 57.3 Å². The lowest BCUT2D eigenvalue weighted by Crippen LogP contribution is -2.28. The number of amides is 2. The van der Waals surface area contributed by atoms with E-state index in [4.69, 9.17) is 26.2 Å². The van der Waals surface area contributed by atoms with Crippen LogP contribution >= 0.6 is 34.7 Å². The van der Waals surface area contributed by atoms with Crippen molar-refractivity contribution >= 4 is 52.2 Å². The van der Waals surface area contributed by atoms with E-state index in [9.17, 15) is 9.59 Å². The Labute approximate surface area is 279 Å². The number of thioether (sulfide) groups is 1. The first-order chi connectivity index (χ1) is 22.4. The molecular formula is C33H29ClN6O4S2. The molecule has 1 N–H and O–H groups in total. The normalized spacial score (nSPS) is 14.2. The maximum Gasteiger partial charge on any atom is 0.253 e. The average molecular weight is 673 g/mol. The summed E-state index contributed by atoms with van der Waals surface area (Å²) in [6.07, 6.45) is 0.596. The van der Waals surface area contributed by atoms with E-state index >= 15 is 0 Å². The summed E-state index contributed by atoms with van der Waals surface area (Å²) in [5.41, 5.74) is 2.98. The second-order valence-electron chi connectivity index (χ2n) is 10.2. The topological polar surface area (TPSA) is 111 Å². The molecule has 10 nitrogen and oxygen atoms in total. The highest BCUT2D eigenvalue weighted by atomic mass is 35.5. The minimum Gasteiger partial charge on any atom is -0.497 e. The van der Waals surface area contributed by atoms with Crippen molar-refractivity contribution in [2.24, 2.45) is 5.10 Å². The Balaban J connectivity index is 1.23. The minimum atomic E-state index is -0.290. The Kier molecular flexibility index (Phi) is 9.67. The molecule has 0 radical (unpaired) electrons. The highest BCUT2D eigenvalue weighted by Gasteiger charge is 2.34. The number of hydrogen-bond acceptors (Lipinski definition) is 9. The van der Waals surface area contributed by atoms with E-state index < -0.39 is 0 Å². The molecule has 1 aliphatic rings. The summed E-state index contributed by atoms with van der Waals surface area (Å²) in [5, 5.41) is 21.0. The van der Waals surface area contributed by atoms with E-state index in [2.05, 4.69) is 15.5 Å². The summed E-state index contributed by atoms with van der Waals surface area (Å²) in [7, 11) is 3.17. The molecule has 0 bridgehead atoms. The fraction of sp³-hybridized carbons (Fsp3) is 0.182. The van der Waals surface area contributed by atoms with Crippen LogP contribution in [0.2, 0.25) is 5.02 Å². The maximum atomic E-state index is 13.8. The van der Waals surface area contributed by atoms with E-state index in [1.165, 1.54) is 11.8 Å². The lowest BCUT2D eigenvalue weighted by molar-refractivity contribution is -0.130. The molecule has 46 heavy (non-hydrogen) atoms. The van der Waals surface area contributed by atoms with Crippen molar-refractivity contribution in [1.82, 2.24) is 25.1 Å². The highest BCUT2D eigenvalue weighted by Crippen LogP contribution is 2.35. The number of carbonyl (C=O) groups is 2. The molecule has 234 valence electrons. The lowest BCUT2D eigenvalue weighted by Gasteiger charge is -2.22. The number of thiophene rings is 1. The molecule has 0 saturated heterocycles. The first kappa shape index (κ1) is 31.3. The van der Waals surface area contributed by atoms with Gasteiger partial charge in [0.25, 0.3) is 11.8 Å². The van der Waals surface area contributed by atoms with Crippen LogP contribution in [0.3, 0.4) is 0 Å². The smallest absolute Gasteiger partial charge is 0.253 e. The number of hydrogen-bond donors (Lipinski definition) is 1. The van der Waals surface area contributed by atoms with Gasteiger partial charge in [0.15, 0.2) is 11.0 Å². The molecule has 1 aliphatic heterocycles. The van der Waals surface area contributed by atoms with Gasteiger partial charge in [-0.3, -0.25) is 14.2 Å². The highest BCUT2D eigenvalue weighted by molar-refractivity contribution is 7.99. The number of aromatic nitrogens is 3. The number of methoxy groups -OCH3 is 2. The molecule has 2 amide bonds. The molecule has 3 aromatic carbocycles. The Hall–Kier alpha value is -4.65. The van der Waals surface area contributed by atoms with Gasteiger partial charge in [0.2, 0.25) is 0 Å². The minimum absolute atomic E-state index is 0.0583. The molecule has 0 spiro atoms. The first-order valence-electron chi connectivity index (χ1n) is 14.3. The third kappa shape index (κ3) is 6.94. The monoisotopic (exact) mass is 672 g/mol. The van der Waals surface area contributed by atoms with Crippen molar-refractivity contribution in [3.63, 3.8) is 0 Å². The number of nitrogens with zero attached hydrogens (tertiary/aromatic N) is 5. The lowest BCUT2D eigenvalue weighted by atomic mass is 10.0. The molecular weight excluding hydrogens is 644 g/mol. The van der Waals surface area contributed by atoms with Crippen molar-refractivity contribution in [3.05, 3.63) is 117 Å². The fourth-order valence-corrected chi connectivity index (χ4v) is 6.75. The summed E-state index contributed by atoms with van der Waals surface area (Å²) in [4.78, 5) is 27.8. The number of carbonyl (C=O) groups excluding carboxylic acids is 2. The van der Waals surface area contributed by atoms with Gasteiger partial charge in [0.1, 0.15) is 11.5 Å². The van der Waals surface area contributed by atoms with Gasteiger partial charge in [-0.15, -0.1) is 21.5 Å². The molecule has 5 aromatic rings. The summed E-state index contributed by atoms with van der Waals surface area (Å²) in [5.74, 6) is 1.39. The zero-order valence-corrected chi connectivity index (χ0v) is 27.3. The second kappa shape index (κ2) is 14.2. The fourth-order valence-electron chi connectivity index (χ4n) is 5.02. The number of hydrazone groups is 1. The standard InChI is InChI=1S/C33H29ClN6O4S2/c1-43-25-13-11-21(12-14-25)28-18-27(29-10-5-15-45-29)38-40(28)31(41)20-46-33-37-36-30(39(33)24-8-4-7-23(34)17-24)19-35-32(42)22-6-3-9-26(16-22)44-2/h3-17,28H,18-20H2,1-2H3,(H,35,42). The number of halogens is 1. The van der Waals surface area contributed by atoms with Crippen molar-refractivity contribution in [2.75, 3.05) is 20.0 Å². The Bertz CT molecular complexity index is 1880. The zero-order chi connectivity index (χ0) is 32.0. The summed E-state index contributed by atoms with van der Waals surface area (Å²) in [6.45, 7) is 0.0875. The number of nitrogens with one attached hydrogen (secondary N) is 1. The van der Waals surface area contributed by atoms with Crippen LogP contribution in [0.15, 0.2) is 101 Å². The van der Waals surface area contributed by atoms with Gasteiger partial charge in [-0.05, 0) is 65.5 Å². The van der Waals surface area contributed by atoms with E-state index in [0.717, 1.165) is 21.9 Å². The second-order valence-corrected chi connectivity index (χ2v) is 12.5. The number of rotatable bonds is 11. The van der Waals surface area contributed by atoms with Gasteiger partial charge in [0, 0.05) is 17.0 Å². The van der Waals surface area contributed by atoms with E-state index in [0.29, 0.717) is 39.4 Å². The van der Waals surface area contributed by atoms with Crippen LogP contribution < -0.4 is 14.8 Å². The van der Waals surface area contributed by atoms with Gasteiger partial charge >= 0.3 is 0 Å². The third-order valence-electron chi connectivity index (χ3n) is 7.30. The van der Waals surface area contributed by atoms with Crippen LogP contribution in [0.25, 0.3) is 5.69 Å². The number of benzene rings is 3. The van der Waals surface area contributed by atoms with Crippen LogP contribution in [0, 0.1) is 0 Å². The molecule has 1 unspecified atom stereocenters. The molecule has 0 aliphatic carbocycles. The van der Waals surface area contributed by atoms with E-state index in [1.54, 1.807) is 71.5 Å². The van der Waals surface area contributed by atoms with Crippen molar-refractivity contribution in [3.8, 4) is 17.2 Å². The van der Waals surface area contributed by atoms with Crippen LogP contribution in [0.1, 0.15) is 39.1 Å². The van der Waals surface area contributed by atoms with E-state index in [-0.39, 0.29) is 30.2 Å². The van der Waals surface area contributed by atoms with Gasteiger partial charge in [-0.2, -0.15) is 5.10 Å². The molecule has 1 atom stereocenters. The quantitative estimate of drug-likeness (QED) is 0.162. The van der Waals surface area contributed by atoms with Crippen LogP contribution in [0.4, 0.5) is 0 Å². The number of ether oxygens (including phenoxy) is 2. The first-order valence-corrected chi connectivity index (χ1v) is 16.5. The zero-order valence-electron chi connectivity index (χ0n) is 24.9. The molecule has 13 heteroatoms. The van der Waals surface area contributed by atoms with Crippen molar-refractivity contribution < 1.29 is 19.1 Å². The largest absolute Gasteiger partial charge is 0.497 e. The predicted molar refractivity (Wildman–Crippen MR) is 179 cm³/mol. The van der Waals surface area contributed by atoms with Gasteiger partial charge in [-0.25, -0.2) is 5.01 Å². The SMILES string of the molecule is COc1ccc(C2CC(c3cccs3)=NN2C(=O)CSc2nnc(CNC(=O)c3cccc(OC)c3)n2-c2cccc(Cl)c2)cc1. The third-order valence-corrected chi connectivity index (χ3v) is 9.37. The van der Waals surface area contributed by atoms with Gasteiger partial charge in [-0.1, -0.05) is 53.7 Å². The van der Waals surface area contributed by atoms with Crippen LogP contribution in [-0.2, 0) is 11.3 Å². The van der Waals surface area contributed by atoms with E-state index in [1.807, 2.05) is 53.9 Å². The maximum absolute atomic E-state index is 13.8. The summed E-state index contributed by atoms with van der Waals surface area (Å²) in [6, 6.07) is 25.6. The molecule has 0 saturated carbocycles. The Morgan fingerprint density at radius 3 is 2.52 bits per heavy atom. The Morgan fingerprint density at radius 1 is 0.978 bits per heavy atom. The Morgan fingerprint density at radius 2 is 1.78 bits per heavy atom. The summed E-state index contributed by atoms with van der Waals surface area (Å²) >= 11 is 9.18. The van der Waals surface area contributed by atoms with Gasteiger partial charge in [0.05, 0.1) is 48.8 Å². The molecule has 6 rings (SSSR count). The molecule has 2 aromatic heterocycles. The predicted octanol–water partition coefficient (Wildman–Crippen LogP) is 6.40. The average Bonchev–Trinajstić information content (AvgIpc) is 3.86. The van der Waals surface area contributed by atoms with Crippen LogP contribution in [0.5, 0.6) is 11.5 Å². The molecule has 3 heterocycles. The van der Waals surface area contributed by atoms with Gasteiger partial charge < -0.3 is 14.8 Å². The molecule has 0 fully saturated rings. The van der Waals surface area contributed by atoms with Crippen molar-refractivity contribution in [2.45, 2.75) is 24.2 Å². The summed E-state index contributed by atoms with van der Waals surface area (Å²) < 4.78 is 12.4.